The Balaban J connectivity index is 2.42. The van der Waals surface area contributed by atoms with Crippen LogP contribution in [0.3, 0.4) is 0 Å². The molecule has 0 aliphatic heterocycles. The van der Waals surface area contributed by atoms with Crippen molar-refractivity contribution >= 4 is 0 Å². The van der Waals surface area contributed by atoms with Gasteiger partial charge in [-0.05, 0) is 12.8 Å². The van der Waals surface area contributed by atoms with Crippen LogP contribution in [0.25, 0.3) is 0 Å². The second-order valence-electron chi connectivity index (χ2n) is 2.89. The number of rotatable bonds is 1. The molecule has 0 amide bonds. The molecule has 54 valence electrons. The van der Waals surface area contributed by atoms with Crippen LogP contribution in [0.15, 0.2) is 12.4 Å². The van der Waals surface area contributed by atoms with Crippen LogP contribution in [0.2, 0.25) is 0 Å². The summed E-state index contributed by atoms with van der Waals surface area (Å²) in [6.07, 6.45) is 5.28. The first-order valence-corrected chi connectivity index (χ1v) is 3.42. The van der Waals surface area contributed by atoms with E-state index >= 15 is 0 Å². The molecule has 0 atom stereocenters. The van der Waals surface area contributed by atoms with Crippen molar-refractivity contribution < 1.29 is 5.11 Å². The molecule has 1 aliphatic rings. The topological polar surface area (TPSA) is 38.0 Å². The van der Waals surface area contributed by atoms with Gasteiger partial charge in [-0.15, -0.1) is 0 Å². The quantitative estimate of drug-likeness (QED) is 0.610. The summed E-state index contributed by atoms with van der Waals surface area (Å²) in [4.78, 5) is 4.06. The molecule has 0 aromatic carbocycles. The van der Waals surface area contributed by atoms with Gasteiger partial charge in [-0.3, -0.25) is 0 Å². The Labute approximate surface area is 59.3 Å². The molecular weight excluding hydrogens is 128 g/mol. The van der Waals surface area contributed by atoms with Crippen molar-refractivity contribution in [2.45, 2.75) is 18.4 Å². The number of aliphatic hydroxyl groups is 1. The van der Waals surface area contributed by atoms with Gasteiger partial charge in [-0.1, -0.05) is 0 Å². The minimum Gasteiger partial charge on any atom is -0.382 e. The average Bonchev–Trinajstić information content (AvgIpc) is 2.44. The first kappa shape index (κ1) is 5.92. The zero-order valence-electron chi connectivity index (χ0n) is 5.91. The van der Waals surface area contributed by atoms with Crippen LogP contribution in [-0.4, -0.2) is 14.7 Å². The molecule has 10 heavy (non-hydrogen) atoms. The molecule has 0 unspecified atom stereocenters. The van der Waals surface area contributed by atoms with Gasteiger partial charge in [-0.25, -0.2) is 4.98 Å². The predicted molar refractivity (Wildman–Crippen MR) is 36.3 cm³/mol. The summed E-state index contributed by atoms with van der Waals surface area (Å²) in [5, 5.41) is 9.59. The van der Waals surface area contributed by atoms with E-state index in [0.29, 0.717) is 0 Å². The van der Waals surface area contributed by atoms with E-state index in [1.54, 1.807) is 6.20 Å². The molecule has 1 fully saturated rings. The van der Waals surface area contributed by atoms with E-state index in [1.165, 1.54) is 0 Å². The Morgan fingerprint density at radius 2 is 2.40 bits per heavy atom. The van der Waals surface area contributed by atoms with Crippen molar-refractivity contribution in [3.05, 3.63) is 18.2 Å². The van der Waals surface area contributed by atoms with Crippen molar-refractivity contribution in [1.82, 2.24) is 9.55 Å². The van der Waals surface area contributed by atoms with Crippen LogP contribution in [0.5, 0.6) is 0 Å². The maximum absolute atomic E-state index is 9.59. The van der Waals surface area contributed by atoms with Gasteiger partial charge < -0.3 is 9.67 Å². The standard InChI is InChI=1S/C7H10N2O/c1-9-5-4-8-6(9)7(10)2-3-7/h4-5,10H,2-3H2,1H3. The third-order valence-corrected chi connectivity index (χ3v) is 1.96. The van der Waals surface area contributed by atoms with E-state index in [9.17, 15) is 5.11 Å². The molecule has 1 aliphatic carbocycles. The van der Waals surface area contributed by atoms with Crippen LogP contribution in [-0.2, 0) is 12.6 Å². The van der Waals surface area contributed by atoms with Gasteiger partial charge in [0.15, 0.2) is 0 Å². The molecule has 1 heterocycles. The number of hydrogen-bond acceptors (Lipinski definition) is 2. The van der Waals surface area contributed by atoms with Crippen molar-refractivity contribution in [3.8, 4) is 0 Å². The fourth-order valence-electron chi connectivity index (χ4n) is 1.16. The molecule has 1 saturated carbocycles. The fraction of sp³-hybridized carbons (Fsp3) is 0.571. The van der Waals surface area contributed by atoms with Crippen molar-refractivity contribution in [2.75, 3.05) is 0 Å². The van der Waals surface area contributed by atoms with Crippen LogP contribution in [0, 0.1) is 0 Å². The van der Waals surface area contributed by atoms with E-state index in [1.807, 2.05) is 17.8 Å². The molecule has 2 rings (SSSR count). The maximum atomic E-state index is 9.59. The minimum atomic E-state index is -0.585. The van der Waals surface area contributed by atoms with Crippen LogP contribution >= 0.6 is 0 Å². The highest BCUT2D eigenvalue weighted by Gasteiger charge is 2.45. The zero-order chi connectivity index (χ0) is 7.19. The molecule has 3 heteroatoms. The summed E-state index contributed by atoms with van der Waals surface area (Å²) < 4.78 is 1.87. The fourth-order valence-corrected chi connectivity index (χ4v) is 1.16. The molecule has 1 N–H and O–H groups in total. The lowest BCUT2D eigenvalue weighted by atomic mass is 10.3. The third kappa shape index (κ3) is 0.671. The van der Waals surface area contributed by atoms with E-state index in [4.69, 9.17) is 0 Å². The van der Waals surface area contributed by atoms with Gasteiger partial charge in [0.1, 0.15) is 11.4 Å². The Morgan fingerprint density at radius 3 is 2.80 bits per heavy atom. The normalized spacial score (nSPS) is 21.0. The number of imidazole rings is 1. The van der Waals surface area contributed by atoms with Crippen LogP contribution in [0.1, 0.15) is 18.7 Å². The van der Waals surface area contributed by atoms with Gasteiger partial charge in [0.05, 0.1) is 0 Å². The lowest BCUT2D eigenvalue weighted by Crippen LogP contribution is -2.11. The van der Waals surface area contributed by atoms with Gasteiger partial charge in [0, 0.05) is 19.4 Å². The van der Waals surface area contributed by atoms with E-state index in [2.05, 4.69) is 4.98 Å². The summed E-state index contributed by atoms with van der Waals surface area (Å²) in [6, 6.07) is 0. The molecule has 0 bridgehead atoms. The predicted octanol–water partition coefficient (Wildman–Crippen LogP) is 0.401. The first-order valence-electron chi connectivity index (χ1n) is 3.42. The summed E-state index contributed by atoms with van der Waals surface area (Å²) in [5.41, 5.74) is -0.585. The van der Waals surface area contributed by atoms with Crippen molar-refractivity contribution in [1.29, 1.82) is 0 Å². The Bertz CT molecular complexity index is 250. The van der Waals surface area contributed by atoms with E-state index in [-0.39, 0.29) is 0 Å². The Morgan fingerprint density at radius 1 is 1.70 bits per heavy atom. The lowest BCUT2D eigenvalue weighted by molar-refractivity contribution is 0.137. The minimum absolute atomic E-state index is 0.585. The smallest absolute Gasteiger partial charge is 0.140 e. The van der Waals surface area contributed by atoms with Crippen molar-refractivity contribution in [2.24, 2.45) is 7.05 Å². The largest absolute Gasteiger partial charge is 0.382 e. The summed E-state index contributed by atoms with van der Waals surface area (Å²) >= 11 is 0. The molecular formula is C7H10N2O. The second kappa shape index (κ2) is 1.61. The van der Waals surface area contributed by atoms with Crippen molar-refractivity contribution in [3.63, 3.8) is 0 Å². The Hall–Kier alpha value is -0.830. The van der Waals surface area contributed by atoms with Crippen LogP contribution < -0.4 is 0 Å². The highest BCUT2D eigenvalue weighted by Crippen LogP contribution is 2.43. The molecule has 1 aromatic heterocycles. The average molecular weight is 138 g/mol. The van der Waals surface area contributed by atoms with Crippen LogP contribution in [0.4, 0.5) is 0 Å². The van der Waals surface area contributed by atoms with E-state index in [0.717, 1.165) is 18.7 Å². The summed E-state index contributed by atoms with van der Waals surface area (Å²) in [7, 11) is 1.90. The van der Waals surface area contributed by atoms with Gasteiger partial charge >= 0.3 is 0 Å². The Kier molecular flexibility index (Phi) is 0.951. The van der Waals surface area contributed by atoms with Gasteiger partial charge in [0.2, 0.25) is 0 Å². The summed E-state index contributed by atoms with van der Waals surface area (Å²) in [6.45, 7) is 0. The molecule has 0 saturated heterocycles. The number of aryl methyl sites for hydroxylation is 1. The monoisotopic (exact) mass is 138 g/mol. The second-order valence-corrected chi connectivity index (χ2v) is 2.89. The SMILES string of the molecule is Cn1ccnc1C1(O)CC1. The summed E-state index contributed by atoms with van der Waals surface area (Å²) in [5.74, 6) is 0.799. The molecule has 0 radical (unpaired) electrons. The number of nitrogens with zero attached hydrogens (tertiary/aromatic N) is 2. The van der Waals surface area contributed by atoms with E-state index < -0.39 is 5.60 Å². The third-order valence-electron chi connectivity index (χ3n) is 1.96. The zero-order valence-corrected chi connectivity index (χ0v) is 5.91. The maximum Gasteiger partial charge on any atom is 0.140 e. The highest BCUT2D eigenvalue weighted by atomic mass is 16.3. The number of hydrogen-bond donors (Lipinski definition) is 1. The molecule has 3 nitrogen and oxygen atoms in total. The number of aromatic nitrogens is 2. The lowest BCUT2D eigenvalue weighted by Gasteiger charge is -2.05. The first-order chi connectivity index (χ1) is 4.72. The van der Waals surface area contributed by atoms with Gasteiger partial charge in [-0.2, -0.15) is 0 Å². The van der Waals surface area contributed by atoms with Gasteiger partial charge in [0.25, 0.3) is 0 Å². The molecule has 0 spiro atoms. The highest BCUT2D eigenvalue weighted by molar-refractivity contribution is 5.12. The molecule has 1 aromatic rings.